The van der Waals surface area contributed by atoms with Crippen LogP contribution in [0.15, 0.2) is 27.1 Å². The first-order chi connectivity index (χ1) is 9.96. The third kappa shape index (κ3) is 3.61. The van der Waals surface area contributed by atoms with Gasteiger partial charge in [0.15, 0.2) is 5.78 Å². The molecular weight excluding hydrogens is 403 g/mol. The van der Waals surface area contributed by atoms with E-state index < -0.39 is 5.82 Å². The van der Waals surface area contributed by atoms with Gasteiger partial charge in [-0.2, -0.15) is 5.10 Å². The number of nitrogens with zero attached hydrogens (tertiary/aromatic N) is 2. The molecule has 6 heteroatoms. The van der Waals surface area contributed by atoms with Crippen molar-refractivity contribution in [2.45, 2.75) is 33.2 Å². The molecule has 1 aromatic carbocycles. The highest BCUT2D eigenvalue weighted by atomic mass is 79.9. The summed E-state index contributed by atoms with van der Waals surface area (Å²) in [5.74, 6) is -0.557. The third-order valence-corrected chi connectivity index (χ3v) is 4.58. The van der Waals surface area contributed by atoms with Gasteiger partial charge >= 0.3 is 0 Å². The summed E-state index contributed by atoms with van der Waals surface area (Å²) in [7, 11) is 0. The highest BCUT2D eigenvalue weighted by molar-refractivity contribution is 9.10. The Balaban J connectivity index is 2.33. The highest BCUT2D eigenvalue weighted by Gasteiger charge is 2.18. The Labute approximate surface area is 139 Å². The molecule has 21 heavy (non-hydrogen) atoms. The lowest BCUT2D eigenvalue weighted by atomic mass is 10.1. The number of Topliss-reactive ketones (excluding diaryl/α,β-unsaturated/α-hetero) is 1. The number of benzene rings is 1. The predicted molar refractivity (Wildman–Crippen MR) is 87.1 cm³/mol. The molecule has 2 rings (SSSR count). The molecule has 0 bridgehead atoms. The van der Waals surface area contributed by atoms with Gasteiger partial charge in [-0.15, -0.1) is 0 Å². The zero-order valence-electron chi connectivity index (χ0n) is 11.8. The number of carbonyl (C=O) groups excluding carboxylic acids is 1. The maximum Gasteiger partial charge on any atom is 0.168 e. The fourth-order valence-corrected chi connectivity index (χ4v) is 3.32. The first kappa shape index (κ1) is 16.4. The average molecular weight is 418 g/mol. The fraction of sp³-hybridized carbons (Fsp3) is 0.333. The van der Waals surface area contributed by atoms with E-state index in [2.05, 4.69) is 37.0 Å². The summed E-state index contributed by atoms with van der Waals surface area (Å²) in [5, 5.41) is 4.46. The molecule has 0 saturated heterocycles. The van der Waals surface area contributed by atoms with Crippen LogP contribution in [0.2, 0.25) is 0 Å². The zero-order chi connectivity index (χ0) is 15.6. The molecule has 0 amide bonds. The van der Waals surface area contributed by atoms with E-state index in [1.54, 1.807) is 6.07 Å². The number of rotatable bonds is 5. The van der Waals surface area contributed by atoms with Crippen LogP contribution in [0.5, 0.6) is 0 Å². The van der Waals surface area contributed by atoms with Crippen molar-refractivity contribution in [3.8, 4) is 0 Å². The van der Waals surface area contributed by atoms with Crippen molar-refractivity contribution in [3.63, 3.8) is 0 Å². The third-order valence-electron chi connectivity index (χ3n) is 3.21. The van der Waals surface area contributed by atoms with Crippen LogP contribution in [0.1, 0.15) is 35.6 Å². The Hall–Kier alpha value is -1.01. The SMILES string of the molecule is CCc1nn(CC)c(CC(=O)c2cc(F)cc(Br)c2)c1Br. The van der Waals surface area contributed by atoms with Crippen LogP contribution >= 0.6 is 31.9 Å². The van der Waals surface area contributed by atoms with E-state index in [0.29, 0.717) is 16.6 Å². The Morgan fingerprint density at radius 3 is 2.57 bits per heavy atom. The van der Waals surface area contributed by atoms with Gasteiger partial charge in [-0.1, -0.05) is 22.9 Å². The van der Waals surface area contributed by atoms with Gasteiger partial charge in [-0.05, 0) is 47.5 Å². The number of hydrogen-bond acceptors (Lipinski definition) is 2. The van der Waals surface area contributed by atoms with Gasteiger partial charge < -0.3 is 0 Å². The Morgan fingerprint density at radius 2 is 2.00 bits per heavy atom. The first-order valence-electron chi connectivity index (χ1n) is 6.69. The van der Waals surface area contributed by atoms with Crippen LogP contribution in [-0.4, -0.2) is 15.6 Å². The lowest BCUT2D eigenvalue weighted by Crippen LogP contribution is -2.10. The molecule has 0 saturated carbocycles. The lowest BCUT2D eigenvalue weighted by molar-refractivity contribution is 0.0990. The highest BCUT2D eigenvalue weighted by Crippen LogP contribution is 2.24. The molecule has 0 radical (unpaired) electrons. The monoisotopic (exact) mass is 416 g/mol. The maximum absolute atomic E-state index is 13.4. The maximum atomic E-state index is 13.4. The van der Waals surface area contributed by atoms with E-state index in [9.17, 15) is 9.18 Å². The van der Waals surface area contributed by atoms with E-state index in [0.717, 1.165) is 22.3 Å². The summed E-state index contributed by atoms with van der Waals surface area (Å²) in [6, 6.07) is 4.22. The van der Waals surface area contributed by atoms with Crippen molar-refractivity contribution in [2.75, 3.05) is 0 Å². The van der Waals surface area contributed by atoms with Crippen LogP contribution in [0.3, 0.4) is 0 Å². The Bertz CT molecular complexity index is 662. The fourth-order valence-electron chi connectivity index (χ4n) is 2.16. The minimum atomic E-state index is -0.426. The molecule has 1 heterocycles. The van der Waals surface area contributed by atoms with E-state index in [1.165, 1.54) is 12.1 Å². The molecule has 1 aromatic heterocycles. The van der Waals surface area contributed by atoms with Crippen LogP contribution in [-0.2, 0) is 19.4 Å². The van der Waals surface area contributed by atoms with E-state index in [1.807, 2.05) is 18.5 Å². The molecule has 112 valence electrons. The average Bonchev–Trinajstić information content (AvgIpc) is 2.74. The number of aryl methyl sites for hydroxylation is 2. The summed E-state index contributed by atoms with van der Waals surface area (Å²) in [4.78, 5) is 12.4. The minimum absolute atomic E-state index is 0.131. The van der Waals surface area contributed by atoms with Crippen LogP contribution in [0, 0.1) is 5.82 Å². The van der Waals surface area contributed by atoms with E-state index >= 15 is 0 Å². The molecule has 0 aliphatic carbocycles. The van der Waals surface area contributed by atoms with E-state index in [4.69, 9.17) is 0 Å². The molecule has 0 fully saturated rings. The number of ketones is 1. The largest absolute Gasteiger partial charge is 0.294 e. The topological polar surface area (TPSA) is 34.9 Å². The molecular formula is C15H15Br2FN2O. The Kier molecular flexibility index (Phi) is 5.32. The van der Waals surface area contributed by atoms with Crippen molar-refractivity contribution in [3.05, 3.63) is 49.9 Å². The summed E-state index contributed by atoms with van der Waals surface area (Å²) < 4.78 is 16.6. The molecule has 0 aliphatic rings. The van der Waals surface area contributed by atoms with Gasteiger partial charge in [0.1, 0.15) is 5.82 Å². The normalized spacial score (nSPS) is 10.9. The van der Waals surface area contributed by atoms with Crippen molar-refractivity contribution < 1.29 is 9.18 Å². The quantitative estimate of drug-likeness (QED) is 0.668. The molecule has 0 spiro atoms. The molecule has 0 N–H and O–H groups in total. The van der Waals surface area contributed by atoms with Gasteiger partial charge in [0.2, 0.25) is 0 Å². The molecule has 2 aromatic rings. The second-order valence-electron chi connectivity index (χ2n) is 4.63. The van der Waals surface area contributed by atoms with Crippen LogP contribution in [0.25, 0.3) is 0 Å². The van der Waals surface area contributed by atoms with Crippen molar-refractivity contribution >= 4 is 37.6 Å². The second-order valence-corrected chi connectivity index (χ2v) is 6.34. The van der Waals surface area contributed by atoms with Gasteiger partial charge in [-0.3, -0.25) is 9.48 Å². The number of hydrogen-bond donors (Lipinski definition) is 0. The van der Waals surface area contributed by atoms with Crippen molar-refractivity contribution in [2.24, 2.45) is 0 Å². The van der Waals surface area contributed by atoms with Gasteiger partial charge in [0.05, 0.1) is 22.3 Å². The van der Waals surface area contributed by atoms with Gasteiger partial charge in [0.25, 0.3) is 0 Å². The minimum Gasteiger partial charge on any atom is -0.294 e. The van der Waals surface area contributed by atoms with Crippen LogP contribution in [0.4, 0.5) is 4.39 Å². The number of carbonyl (C=O) groups is 1. The lowest BCUT2D eigenvalue weighted by Gasteiger charge is -2.06. The first-order valence-corrected chi connectivity index (χ1v) is 8.28. The standard InChI is InChI=1S/C15H15Br2FN2O/c1-3-12-15(17)13(20(4-2)19-12)8-14(21)9-5-10(16)7-11(18)6-9/h5-7H,3-4,8H2,1-2H3. The second kappa shape index (κ2) is 6.83. The molecule has 0 aliphatic heterocycles. The van der Waals surface area contributed by atoms with Crippen molar-refractivity contribution in [1.29, 1.82) is 0 Å². The predicted octanol–water partition coefficient (Wildman–Crippen LogP) is 4.55. The van der Waals surface area contributed by atoms with Crippen LogP contribution < -0.4 is 0 Å². The van der Waals surface area contributed by atoms with Crippen molar-refractivity contribution in [1.82, 2.24) is 9.78 Å². The summed E-state index contributed by atoms with van der Waals surface area (Å²) in [6.45, 7) is 4.68. The Morgan fingerprint density at radius 1 is 1.29 bits per heavy atom. The van der Waals surface area contributed by atoms with Gasteiger partial charge in [-0.25, -0.2) is 4.39 Å². The summed E-state index contributed by atoms with van der Waals surface area (Å²) in [6.07, 6.45) is 0.984. The number of aromatic nitrogens is 2. The molecule has 3 nitrogen and oxygen atoms in total. The summed E-state index contributed by atoms with van der Waals surface area (Å²) >= 11 is 6.72. The summed E-state index contributed by atoms with van der Waals surface area (Å²) in [5.41, 5.74) is 2.12. The molecule has 0 atom stereocenters. The number of halogens is 3. The van der Waals surface area contributed by atoms with Gasteiger partial charge in [0, 0.05) is 16.6 Å². The van der Waals surface area contributed by atoms with E-state index in [-0.39, 0.29) is 12.2 Å². The smallest absolute Gasteiger partial charge is 0.168 e. The molecule has 0 unspecified atom stereocenters. The zero-order valence-corrected chi connectivity index (χ0v) is 15.0.